The van der Waals surface area contributed by atoms with Gasteiger partial charge >= 0.3 is 0 Å². The van der Waals surface area contributed by atoms with Crippen LogP contribution in [0.5, 0.6) is 11.5 Å². The van der Waals surface area contributed by atoms with Crippen molar-refractivity contribution >= 4 is 33.4 Å². The molecule has 0 saturated carbocycles. The van der Waals surface area contributed by atoms with E-state index in [9.17, 15) is 9.90 Å². The fourth-order valence-corrected chi connectivity index (χ4v) is 6.17. The molecule has 0 bridgehead atoms. The Hall–Kier alpha value is -4.29. The van der Waals surface area contributed by atoms with E-state index in [-0.39, 0.29) is 24.6 Å². The van der Waals surface area contributed by atoms with E-state index in [1.54, 1.807) is 32.4 Å². The third-order valence-corrected chi connectivity index (χ3v) is 7.89. The second-order valence-electron chi connectivity index (χ2n) is 9.98. The summed E-state index contributed by atoms with van der Waals surface area (Å²) in [4.78, 5) is 16.1. The molecule has 198 valence electrons. The molecule has 1 aliphatic rings. The first-order valence-corrected chi connectivity index (χ1v) is 13.4. The molecule has 1 amide bonds. The van der Waals surface area contributed by atoms with E-state index in [1.807, 2.05) is 23.1 Å². The predicted octanol–water partition coefficient (Wildman–Crippen LogP) is 6.59. The molecule has 2 atom stereocenters. The average Bonchev–Trinajstić information content (AvgIpc) is 3.33. The van der Waals surface area contributed by atoms with Gasteiger partial charge < -0.3 is 24.0 Å². The first kappa shape index (κ1) is 25.0. The van der Waals surface area contributed by atoms with Gasteiger partial charge in [-0.15, -0.1) is 0 Å². The van der Waals surface area contributed by atoms with Crippen LogP contribution in [-0.4, -0.2) is 42.4 Å². The number of methoxy groups -OCH3 is 2. The van der Waals surface area contributed by atoms with Gasteiger partial charge in [-0.1, -0.05) is 54.6 Å². The maximum atomic E-state index is 14.2. The second kappa shape index (κ2) is 10.5. The van der Waals surface area contributed by atoms with Crippen LogP contribution in [0.1, 0.15) is 41.2 Å². The molecule has 0 saturated heterocycles. The van der Waals surface area contributed by atoms with Gasteiger partial charge in [0.2, 0.25) is 0 Å². The highest BCUT2D eigenvalue weighted by Gasteiger charge is 2.38. The van der Waals surface area contributed by atoms with Gasteiger partial charge in [-0.05, 0) is 61.2 Å². The standard InChI is InChI=1S/C33H32N2O4/c1-38-31-18-17-22(20-32(31)39-2)33(37)34-23(10-9-19-36)21-30(26-13-5-8-16-29(26)34)35-27-14-6-3-11-24(27)25-12-4-7-15-28(25)35/h3-8,11-18,20,23,30,36H,9-10,19,21H2,1-2H3. The number of para-hydroxylation sites is 3. The minimum Gasteiger partial charge on any atom is -0.493 e. The van der Waals surface area contributed by atoms with Gasteiger partial charge in [-0.3, -0.25) is 4.79 Å². The lowest BCUT2D eigenvalue weighted by atomic mass is 9.87. The number of fused-ring (bicyclic) bond motifs is 4. The van der Waals surface area contributed by atoms with Crippen LogP contribution in [-0.2, 0) is 0 Å². The van der Waals surface area contributed by atoms with Crippen molar-refractivity contribution in [3.63, 3.8) is 0 Å². The molecule has 5 aromatic rings. The summed E-state index contributed by atoms with van der Waals surface area (Å²) in [5, 5.41) is 12.2. The van der Waals surface area contributed by atoms with E-state index in [0.29, 0.717) is 29.9 Å². The first-order chi connectivity index (χ1) is 19.2. The van der Waals surface area contributed by atoms with E-state index < -0.39 is 0 Å². The molecule has 6 rings (SSSR count). The summed E-state index contributed by atoms with van der Waals surface area (Å²) in [6.45, 7) is 0.0799. The molecule has 0 fully saturated rings. The van der Waals surface area contributed by atoms with Gasteiger partial charge in [0.25, 0.3) is 5.91 Å². The number of nitrogens with zero attached hydrogens (tertiary/aromatic N) is 2. The van der Waals surface area contributed by atoms with Gasteiger partial charge in [0, 0.05) is 45.7 Å². The van der Waals surface area contributed by atoms with Crippen molar-refractivity contribution in [3.8, 4) is 11.5 Å². The van der Waals surface area contributed by atoms with Crippen molar-refractivity contribution in [2.24, 2.45) is 0 Å². The zero-order valence-electron chi connectivity index (χ0n) is 22.2. The summed E-state index contributed by atoms with van der Waals surface area (Å²) < 4.78 is 13.3. The minimum absolute atomic E-state index is 0.0316. The number of carbonyl (C=O) groups excluding carboxylic acids is 1. The van der Waals surface area contributed by atoms with Crippen LogP contribution < -0.4 is 14.4 Å². The predicted molar refractivity (Wildman–Crippen MR) is 155 cm³/mol. The molecule has 4 aromatic carbocycles. The fraction of sp³-hybridized carbons (Fsp3) is 0.242. The van der Waals surface area contributed by atoms with Gasteiger partial charge in [-0.25, -0.2) is 0 Å². The molecule has 0 radical (unpaired) electrons. The van der Waals surface area contributed by atoms with Crippen molar-refractivity contribution in [2.45, 2.75) is 31.3 Å². The second-order valence-corrected chi connectivity index (χ2v) is 9.98. The Morgan fingerprint density at radius 2 is 1.49 bits per heavy atom. The third-order valence-electron chi connectivity index (χ3n) is 7.89. The average molecular weight is 521 g/mol. The molecule has 2 heterocycles. The van der Waals surface area contributed by atoms with Gasteiger partial charge in [-0.2, -0.15) is 0 Å². The Kier molecular flexibility index (Phi) is 6.71. The summed E-state index contributed by atoms with van der Waals surface area (Å²) in [7, 11) is 3.16. The number of hydrogen-bond donors (Lipinski definition) is 1. The number of aromatic nitrogens is 1. The van der Waals surface area contributed by atoms with E-state index in [0.717, 1.165) is 17.7 Å². The zero-order valence-corrected chi connectivity index (χ0v) is 22.2. The zero-order chi connectivity index (χ0) is 26.9. The number of hydrogen-bond acceptors (Lipinski definition) is 4. The molecule has 1 aromatic heterocycles. The van der Waals surface area contributed by atoms with E-state index in [4.69, 9.17) is 9.47 Å². The quantitative estimate of drug-likeness (QED) is 0.263. The van der Waals surface area contributed by atoms with Crippen molar-refractivity contribution in [2.75, 3.05) is 25.7 Å². The Morgan fingerprint density at radius 1 is 0.846 bits per heavy atom. The van der Waals surface area contributed by atoms with Crippen LogP contribution in [0.15, 0.2) is 91.0 Å². The number of aliphatic hydroxyl groups excluding tert-OH is 1. The van der Waals surface area contributed by atoms with Crippen molar-refractivity contribution in [1.29, 1.82) is 0 Å². The SMILES string of the molecule is COc1ccc(C(=O)N2c3ccccc3C(n3c4ccccc4c4ccccc43)CC2CCCO)cc1OC. The Bertz CT molecular complexity index is 1600. The van der Waals surface area contributed by atoms with E-state index >= 15 is 0 Å². The van der Waals surface area contributed by atoms with Crippen LogP contribution in [0, 0.1) is 0 Å². The highest BCUT2D eigenvalue weighted by atomic mass is 16.5. The topological polar surface area (TPSA) is 63.9 Å². The smallest absolute Gasteiger partial charge is 0.258 e. The van der Waals surface area contributed by atoms with Crippen LogP contribution in [0.25, 0.3) is 21.8 Å². The number of anilines is 1. The molecule has 1 aliphatic heterocycles. The molecule has 6 heteroatoms. The lowest BCUT2D eigenvalue weighted by molar-refractivity contribution is 0.0966. The first-order valence-electron chi connectivity index (χ1n) is 13.4. The monoisotopic (exact) mass is 520 g/mol. The molecule has 0 spiro atoms. The minimum atomic E-state index is -0.0995. The van der Waals surface area contributed by atoms with Crippen molar-refractivity contribution < 1.29 is 19.4 Å². The molecular weight excluding hydrogens is 488 g/mol. The maximum absolute atomic E-state index is 14.2. The number of benzene rings is 4. The summed E-state index contributed by atoms with van der Waals surface area (Å²) in [6.07, 6.45) is 2.04. The number of aliphatic hydroxyl groups is 1. The Labute approximate surface area is 228 Å². The number of ether oxygens (including phenoxy) is 2. The van der Waals surface area contributed by atoms with Crippen LogP contribution in [0.4, 0.5) is 5.69 Å². The number of amides is 1. The summed E-state index contributed by atoms with van der Waals surface area (Å²) in [5.74, 6) is 1.01. The summed E-state index contributed by atoms with van der Waals surface area (Å²) in [5.41, 5.74) is 4.90. The molecular formula is C33H32N2O4. The van der Waals surface area contributed by atoms with E-state index in [2.05, 4.69) is 59.2 Å². The van der Waals surface area contributed by atoms with Gasteiger partial charge in [0.1, 0.15) is 0 Å². The Balaban J connectivity index is 1.52. The lowest BCUT2D eigenvalue weighted by Crippen LogP contribution is -2.46. The molecule has 0 aliphatic carbocycles. The fourth-order valence-electron chi connectivity index (χ4n) is 6.17. The van der Waals surface area contributed by atoms with Crippen molar-refractivity contribution in [3.05, 3.63) is 102 Å². The molecule has 2 unspecified atom stereocenters. The normalized spacial score (nSPS) is 16.8. The van der Waals surface area contributed by atoms with Crippen molar-refractivity contribution in [1.82, 2.24) is 4.57 Å². The molecule has 1 N–H and O–H groups in total. The van der Waals surface area contributed by atoms with Crippen LogP contribution in [0.2, 0.25) is 0 Å². The van der Waals surface area contributed by atoms with E-state index in [1.165, 1.54) is 21.8 Å². The van der Waals surface area contributed by atoms with Crippen LogP contribution >= 0.6 is 0 Å². The molecule has 39 heavy (non-hydrogen) atoms. The number of carbonyl (C=O) groups is 1. The van der Waals surface area contributed by atoms with Gasteiger partial charge in [0.15, 0.2) is 11.5 Å². The summed E-state index contributed by atoms with van der Waals surface area (Å²) in [6, 6.07) is 30.5. The summed E-state index contributed by atoms with van der Waals surface area (Å²) >= 11 is 0. The third kappa shape index (κ3) is 4.21. The highest BCUT2D eigenvalue weighted by molar-refractivity contribution is 6.09. The lowest BCUT2D eigenvalue weighted by Gasteiger charge is -2.42. The highest BCUT2D eigenvalue weighted by Crippen LogP contribution is 2.45. The van der Waals surface area contributed by atoms with Crippen LogP contribution in [0.3, 0.4) is 0 Å². The molecule has 6 nitrogen and oxygen atoms in total. The Morgan fingerprint density at radius 3 is 2.15 bits per heavy atom. The number of rotatable bonds is 7. The van der Waals surface area contributed by atoms with Gasteiger partial charge in [0.05, 0.1) is 20.3 Å². The largest absolute Gasteiger partial charge is 0.493 e. The maximum Gasteiger partial charge on any atom is 0.258 e.